The Bertz CT molecular complexity index is 961. The van der Waals surface area contributed by atoms with Crippen LogP contribution in [0.15, 0.2) is 47.0 Å². The molecule has 0 aliphatic heterocycles. The highest BCUT2D eigenvalue weighted by molar-refractivity contribution is 7.99. The van der Waals surface area contributed by atoms with Gasteiger partial charge >= 0.3 is 0 Å². The predicted octanol–water partition coefficient (Wildman–Crippen LogP) is 4.45. The van der Waals surface area contributed by atoms with Gasteiger partial charge in [-0.1, -0.05) is 23.4 Å². The van der Waals surface area contributed by atoms with Crippen LogP contribution in [0.25, 0.3) is 11.4 Å². The second kappa shape index (κ2) is 9.36. The maximum absolute atomic E-state index is 13.3. The maximum atomic E-state index is 13.3. The molecule has 1 amide bonds. The second-order valence-corrected chi connectivity index (χ2v) is 6.93. The molecular weight excluding hydrogens is 381 g/mol. The summed E-state index contributed by atoms with van der Waals surface area (Å²) in [7, 11) is 0. The van der Waals surface area contributed by atoms with E-state index in [4.69, 9.17) is 9.26 Å². The van der Waals surface area contributed by atoms with Crippen LogP contribution in [0.2, 0.25) is 0 Å². The molecule has 3 rings (SSSR count). The molecule has 0 saturated heterocycles. The average Bonchev–Trinajstić information content (AvgIpc) is 3.14. The minimum atomic E-state index is -0.390. The monoisotopic (exact) mass is 401 g/mol. The van der Waals surface area contributed by atoms with Crippen LogP contribution in [0.1, 0.15) is 18.4 Å². The molecule has 3 aromatic rings. The number of benzene rings is 2. The first-order valence-corrected chi connectivity index (χ1v) is 9.91. The predicted molar refractivity (Wildman–Crippen MR) is 107 cm³/mol. The fourth-order valence-corrected chi connectivity index (χ4v) is 3.15. The van der Waals surface area contributed by atoms with E-state index in [-0.39, 0.29) is 17.5 Å². The number of nitrogens with one attached hydrogen (secondary N) is 1. The van der Waals surface area contributed by atoms with Crippen molar-refractivity contribution < 1.29 is 18.4 Å². The van der Waals surface area contributed by atoms with E-state index >= 15 is 0 Å². The van der Waals surface area contributed by atoms with Crippen LogP contribution < -0.4 is 10.1 Å². The van der Waals surface area contributed by atoms with Gasteiger partial charge in [-0.2, -0.15) is 4.98 Å². The van der Waals surface area contributed by atoms with E-state index in [1.165, 1.54) is 23.9 Å². The standard InChI is InChI=1S/C20H20FN3O3S/c1-3-26-17-7-5-4-6-15(17)20-23-19(27-24-20)12-28-11-18(25)22-16-10-14(21)9-8-13(16)2/h4-10H,3,11-12H2,1-2H3,(H,22,25). The highest BCUT2D eigenvalue weighted by Gasteiger charge is 2.14. The first-order chi connectivity index (χ1) is 13.6. The number of rotatable bonds is 8. The number of nitrogens with zero attached hydrogens (tertiary/aromatic N) is 2. The summed E-state index contributed by atoms with van der Waals surface area (Å²) in [5.41, 5.74) is 2.02. The van der Waals surface area contributed by atoms with Crippen LogP contribution in [-0.4, -0.2) is 28.4 Å². The van der Waals surface area contributed by atoms with Crippen LogP contribution in [0.4, 0.5) is 10.1 Å². The Kier molecular flexibility index (Phi) is 6.65. The fraction of sp³-hybridized carbons (Fsp3) is 0.250. The van der Waals surface area contributed by atoms with Crippen molar-refractivity contribution in [1.82, 2.24) is 10.1 Å². The number of para-hydroxylation sites is 1. The van der Waals surface area contributed by atoms with Gasteiger partial charge in [-0.15, -0.1) is 11.8 Å². The van der Waals surface area contributed by atoms with E-state index in [2.05, 4.69) is 15.5 Å². The molecule has 0 spiro atoms. The second-order valence-electron chi connectivity index (χ2n) is 5.94. The summed E-state index contributed by atoms with van der Waals surface area (Å²) in [6.45, 7) is 4.26. The minimum Gasteiger partial charge on any atom is -0.493 e. The Morgan fingerprint density at radius 2 is 2.11 bits per heavy atom. The lowest BCUT2D eigenvalue weighted by molar-refractivity contribution is -0.113. The summed E-state index contributed by atoms with van der Waals surface area (Å²) >= 11 is 1.33. The third-order valence-corrected chi connectivity index (χ3v) is 4.75. The van der Waals surface area contributed by atoms with Gasteiger partial charge in [-0.3, -0.25) is 4.79 Å². The Hall–Kier alpha value is -2.87. The molecule has 1 aromatic heterocycles. The summed E-state index contributed by atoms with van der Waals surface area (Å²) < 4.78 is 24.1. The zero-order valence-electron chi connectivity index (χ0n) is 15.6. The third-order valence-electron chi connectivity index (χ3n) is 3.83. The first kappa shape index (κ1) is 19.9. The molecule has 1 N–H and O–H groups in total. The summed E-state index contributed by atoms with van der Waals surface area (Å²) in [5, 5.41) is 6.70. The van der Waals surface area contributed by atoms with Gasteiger partial charge in [-0.05, 0) is 43.7 Å². The highest BCUT2D eigenvalue weighted by atomic mass is 32.2. The molecule has 8 heteroatoms. The molecule has 0 aliphatic carbocycles. The highest BCUT2D eigenvalue weighted by Crippen LogP contribution is 2.28. The summed E-state index contributed by atoms with van der Waals surface area (Å²) in [6, 6.07) is 11.8. The van der Waals surface area contributed by atoms with Crippen molar-refractivity contribution >= 4 is 23.4 Å². The van der Waals surface area contributed by atoms with Crippen molar-refractivity contribution in [2.24, 2.45) is 0 Å². The lowest BCUT2D eigenvalue weighted by Gasteiger charge is -2.07. The number of thioether (sulfide) groups is 1. The number of carbonyl (C=O) groups excluding carboxylic acids is 1. The molecule has 146 valence electrons. The molecule has 1 heterocycles. The molecule has 6 nitrogen and oxygen atoms in total. The SMILES string of the molecule is CCOc1ccccc1-c1noc(CSCC(=O)Nc2cc(F)ccc2C)n1. The number of amides is 1. The largest absolute Gasteiger partial charge is 0.493 e. The lowest BCUT2D eigenvalue weighted by Crippen LogP contribution is -2.15. The van der Waals surface area contributed by atoms with Crippen LogP contribution in [-0.2, 0) is 10.5 Å². The molecule has 28 heavy (non-hydrogen) atoms. The molecule has 2 aromatic carbocycles. The van der Waals surface area contributed by atoms with E-state index in [1.807, 2.05) is 38.1 Å². The Labute approximate surface area is 166 Å². The van der Waals surface area contributed by atoms with Crippen molar-refractivity contribution in [1.29, 1.82) is 0 Å². The average molecular weight is 401 g/mol. The third kappa shape index (κ3) is 5.10. The Morgan fingerprint density at radius 1 is 1.29 bits per heavy atom. The molecule has 0 saturated carbocycles. The van der Waals surface area contributed by atoms with Gasteiger partial charge in [0.2, 0.25) is 17.6 Å². The fourth-order valence-electron chi connectivity index (χ4n) is 2.50. The first-order valence-electron chi connectivity index (χ1n) is 8.75. The number of anilines is 1. The minimum absolute atomic E-state index is 0.184. The van der Waals surface area contributed by atoms with Gasteiger partial charge in [0, 0.05) is 5.69 Å². The van der Waals surface area contributed by atoms with Gasteiger partial charge in [0.15, 0.2) is 0 Å². The van der Waals surface area contributed by atoms with E-state index in [9.17, 15) is 9.18 Å². The van der Waals surface area contributed by atoms with Gasteiger partial charge < -0.3 is 14.6 Å². The summed E-state index contributed by atoms with van der Waals surface area (Å²) in [6.07, 6.45) is 0. The van der Waals surface area contributed by atoms with Gasteiger partial charge in [0.05, 0.1) is 23.7 Å². The normalized spacial score (nSPS) is 10.7. The van der Waals surface area contributed by atoms with Crippen molar-refractivity contribution in [2.75, 3.05) is 17.7 Å². The lowest BCUT2D eigenvalue weighted by atomic mass is 10.2. The summed E-state index contributed by atoms with van der Waals surface area (Å²) in [4.78, 5) is 16.4. The van der Waals surface area contributed by atoms with Crippen LogP contribution in [0, 0.1) is 12.7 Å². The van der Waals surface area contributed by atoms with E-state index in [0.29, 0.717) is 35.5 Å². The molecule has 0 unspecified atom stereocenters. The molecule has 0 radical (unpaired) electrons. The van der Waals surface area contributed by atoms with Gasteiger partial charge in [-0.25, -0.2) is 4.39 Å². The van der Waals surface area contributed by atoms with Crippen LogP contribution in [0.5, 0.6) is 5.75 Å². The van der Waals surface area contributed by atoms with E-state index in [0.717, 1.165) is 11.1 Å². The number of hydrogen-bond acceptors (Lipinski definition) is 6. The molecular formula is C20H20FN3O3S. The summed E-state index contributed by atoms with van der Waals surface area (Å²) in [5.74, 6) is 1.51. The molecule has 0 aliphatic rings. The van der Waals surface area contributed by atoms with E-state index in [1.54, 1.807) is 6.07 Å². The molecule has 0 bridgehead atoms. The van der Waals surface area contributed by atoms with Gasteiger partial charge in [0.25, 0.3) is 0 Å². The Morgan fingerprint density at radius 3 is 2.93 bits per heavy atom. The topological polar surface area (TPSA) is 77.2 Å². The molecule has 0 fully saturated rings. The van der Waals surface area contributed by atoms with Gasteiger partial charge in [0.1, 0.15) is 11.6 Å². The van der Waals surface area contributed by atoms with Crippen molar-refractivity contribution in [3.05, 3.63) is 59.7 Å². The van der Waals surface area contributed by atoms with Crippen molar-refractivity contribution in [3.63, 3.8) is 0 Å². The number of hydrogen-bond donors (Lipinski definition) is 1. The number of aryl methyl sites for hydroxylation is 1. The number of ether oxygens (including phenoxy) is 1. The van der Waals surface area contributed by atoms with Crippen molar-refractivity contribution in [3.8, 4) is 17.1 Å². The van der Waals surface area contributed by atoms with Crippen molar-refractivity contribution in [2.45, 2.75) is 19.6 Å². The zero-order chi connectivity index (χ0) is 19.9. The number of carbonyl (C=O) groups is 1. The maximum Gasteiger partial charge on any atom is 0.236 e. The zero-order valence-corrected chi connectivity index (χ0v) is 16.4. The quantitative estimate of drug-likeness (QED) is 0.601. The number of halogens is 1. The Balaban J connectivity index is 1.55. The number of aromatic nitrogens is 2. The van der Waals surface area contributed by atoms with Crippen LogP contribution in [0.3, 0.4) is 0 Å². The smallest absolute Gasteiger partial charge is 0.236 e. The van der Waals surface area contributed by atoms with E-state index < -0.39 is 0 Å². The van der Waals surface area contributed by atoms with Crippen LogP contribution >= 0.6 is 11.8 Å². The molecule has 0 atom stereocenters.